The van der Waals surface area contributed by atoms with Crippen LogP contribution in [0.5, 0.6) is 0 Å². The van der Waals surface area contributed by atoms with Crippen LogP contribution in [0.1, 0.15) is 35.7 Å². The van der Waals surface area contributed by atoms with E-state index in [-0.39, 0.29) is 11.6 Å². The highest BCUT2D eigenvalue weighted by Crippen LogP contribution is 2.21. The molecule has 5 nitrogen and oxygen atoms in total. The van der Waals surface area contributed by atoms with Crippen molar-refractivity contribution in [1.82, 2.24) is 4.90 Å². The molecule has 1 aliphatic rings. The van der Waals surface area contributed by atoms with Crippen LogP contribution in [0.25, 0.3) is 0 Å². The Bertz CT molecular complexity index is 528. The van der Waals surface area contributed by atoms with Crippen molar-refractivity contribution in [2.75, 3.05) is 18.4 Å². The summed E-state index contributed by atoms with van der Waals surface area (Å²) in [6.45, 7) is 5.52. The number of carbonyl (C=O) groups excluding carboxylic acids is 1. The molecule has 0 aromatic heterocycles. The van der Waals surface area contributed by atoms with Gasteiger partial charge in [-0.1, -0.05) is 13.3 Å². The van der Waals surface area contributed by atoms with Gasteiger partial charge >= 0.3 is 12.0 Å². The molecule has 1 aromatic rings. The summed E-state index contributed by atoms with van der Waals surface area (Å²) in [4.78, 5) is 24.8. The van der Waals surface area contributed by atoms with Crippen molar-refractivity contribution in [2.45, 2.75) is 26.7 Å². The predicted octanol–water partition coefficient (Wildman–Crippen LogP) is 2.96. The normalized spacial score (nSPS) is 18.1. The second kappa shape index (κ2) is 5.94. The summed E-state index contributed by atoms with van der Waals surface area (Å²) in [6, 6.07) is 4.61. The maximum absolute atomic E-state index is 12.1. The molecule has 1 atom stereocenters. The number of benzene rings is 1. The van der Waals surface area contributed by atoms with Crippen LogP contribution in [-0.4, -0.2) is 35.1 Å². The number of anilines is 1. The van der Waals surface area contributed by atoms with E-state index >= 15 is 0 Å². The molecule has 0 spiro atoms. The van der Waals surface area contributed by atoms with E-state index < -0.39 is 5.97 Å². The first-order chi connectivity index (χ1) is 9.51. The lowest BCUT2D eigenvalue weighted by atomic mass is 10.1. The van der Waals surface area contributed by atoms with Crippen LogP contribution in [0.15, 0.2) is 18.2 Å². The summed E-state index contributed by atoms with van der Waals surface area (Å²) in [6.07, 6.45) is 2.15. The fraction of sp³-hybridized carbons (Fsp3) is 0.467. The van der Waals surface area contributed by atoms with Gasteiger partial charge in [0.2, 0.25) is 0 Å². The van der Waals surface area contributed by atoms with Crippen molar-refractivity contribution in [2.24, 2.45) is 5.92 Å². The molecule has 0 aliphatic carbocycles. The van der Waals surface area contributed by atoms with Crippen molar-refractivity contribution in [3.8, 4) is 0 Å². The van der Waals surface area contributed by atoms with Crippen molar-refractivity contribution < 1.29 is 14.7 Å². The zero-order chi connectivity index (χ0) is 14.7. The molecule has 20 heavy (non-hydrogen) atoms. The minimum absolute atomic E-state index is 0.105. The quantitative estimate of drug-likeness (QED) is 0.891. The predicted molar refractivity (Wildman–Crippen MR) is 77.1 cm³/mol. The number of aryl methyl sites for hydroxylation is 1. The molecule has 0 radical (unpaired) electrons. The van der Waals surface area contributed by atoms with Crippen molar-refractivity contribution in [1.29, 1.82) is 0 Å². The maximum atomic E-state index is 12.1. The highest BCUT2D eigenvalue weighted by atomic mass is 16.4. The van der Waals surface area contributed by atoms with Crippen molar-refractivity contribution in [3.05, 3.63) is 29.3 Å². The van der Waals surface area contributed by atoms with Gasteiger partial charge in [0.05, 0.1) is 5.56 Å². The van der Waals surface area contributed by atoms with Gasteiger partial charge < -0.3 is 15.3 Å². The van der Waals surface area contributed by atoms with E-state index in [1.54, 1.807) is 19.1 Å². The molecule has 0 saturated carbocycles. The first-order valence-electron chi connectivity index (χ1n) is 6.91. The molecule has 5 heteroatoms. The Kier molecular flexibility index (Phi) is 4.27. The first-order valence-corrected chi connectivity index (χ1v) is 6.91. The Hall–Kier alpha value is -2.04. The van der Waals surface area contributed by atoms with Gasteiger partial charge in [0.15, 0.2) is 0 Å². The number of urea groups is 1. The fourth-order valence-corrected chi connectivity index (χ4v) is 2.48. The van der Waals surface area contributed by atoms with Crippen LogP contribution in [-0.2, 0) is 0 Å². The summed E-state index contributed by atoms with van der Waals surface area (Å²) in [5.41, 5.74) is 1.65. The molecule has 2 N–H and O–H groups in total. The topological polar surface area (TPSA) is 69.6 Å². The van der Waals surface area contributed by atoms with Gasteiger partial charge in [-0.2, -0.15) is 0 Å². The monoisotopic (exact) mass is 276 g/mol. The third-order valence-electron chi connectivity index (χ3n) is 3.87. The molecule has 108 valence electrons. The van der Waals surface area contributed by atoms with E-state index in [0.29, 0.717) is 11.6 Å². The first kappa shape index (κ1) is 14.4. The Morgan fingerprint density at radius 1 is 1.45 bits per heavy atom. The van der Waals surface area contributed by atoms with Gasteiger partial charge in [-0.15, -0.1) is 0 Å². The number of aromatic carboxylic acids is 1. The molecule has 1 saturated heterocycles. The molecule has 2 amide bonds. The molecule has 1 aliphatic heterocycles. The number of rotatable bonds is 3. The lowest BCUT2D eigenvalue weighted by Gasteiger charge is -2.18. The zero-order valence-electron chi connectivity index (χ0n) is 11.8. The number of carbonyl (C=O) groups is 2. The molecule has 0 bridgehead atoms. The molecular formula is C15H20N2O3. The van der Waals surface area contributed by atoms with Crippen LogP contribution in [0, 0.1) is 12.8 Å². The van der Waals surface area contributed by atoms with E-state index in [1.165, 1.54) is 6.07 Å². The Balaban J connectivity index is 2.03. The van der Waals surface area contributed by atoms with E-state index in [4.69, 9.17) is 5.11 Å². The van der Waals surface area contributed by atoms with Gasteiger partial charge in [-0.3, -0.25) is 0 Å². The van der Waals surface area contributed by atoms with Gasteiger partial charge in [0, 0.05) is 18.8 Å². The Morgan fingerprint density at radius 2 is 2.20 bits per heavy atom. The molecular weight excluding hydrogens is 256 g/mol. The van der Waals surface area contributed by atoms with Gasteiger partial charge in [0.1, 0.15) is 0 Å². The van der Waals surface area contributed by atoms with Crippen LogP contribution in [0.3, 0.4) is 0 Å². The highest BCUT2D eigenvalue weighted by molar-refractivity contribution is 5.92. The number of carboxylic acid groups (broad SMARTS) is 1. The third kappa shape index (κ3) is 3.10. The minimum atomic E-state index is -0.962. The average Bonchev–Trinajstić information content (AvgIpc) is 2.89. The second-order valence-corrected chi connectivity index (χ2v) is 5.27. The van der Waals surface area contributed by atoms with E-state index in [2.05, 4.69) is 12.2 Å². The summed E-state index contributed by atoms with van der Waals surface area (Å²) in [5.74, 6) is -0.368. The van der Waals surface area contributed by atoms with E-state index in [9.17, 15) is 9.59 Å². The van der Waals surface area contributed by atoms with Crippen molar-refractivity contribution >= 4 is 17.7 Å². The lowest BCUT2D eigenvalue weighted by molar-refractivity contribution is 0.0697. The minimum Gasteiger partial charge on any atom is -0.478 e. The highest BCUT2D eigenvalue weighted by Gasteiger charge is 2.25. The van der Waals surface area contributed by atoms with Crippen LogP contribution in [0.2, 0.25) is 0 Å². The number of nitrogens with zero attached hydrogens (tertiary/aromatic N) is 1. The number of nitrogens with one attached hydrogen (secondary N) is 1. The van der Waals surface area contributed by atoms with Crippen LogP contribution >= 0.6 is 0 Å². The second-order valence-electron chi connectivity index (χ2n) is 5.27. The van der Waals surface area contributed by atoms with E-state index in [1.807, 2.05) is 4.90 Å². The number of carboxylic acids is 1. The van der Waals surface area contributed by atoms with Gasteiger partial charge in [-0.25, -0.2) is 9.59 Å². The summed E-state index contributed by atoms with van der Waals surface area (Å²) >= 11 is 0. The standard InChI is InChI=1S/C15H20N2O3/c1-3-11-6-7-17(9-11)15(20)16-13-5-4-12(14(18)19)8-10(13)2/h4-5,8,11H,3,6-7,9H2,1-2H3,(H,16,20)(H,18,19). The summed E-state index contributed by atoms with van der Waals surface area (Å²) < 4.78 is 0. The Labute approximate surface area is 118 Å². The number of hydrogen-bond donors (Lipinski definition) is 2. The maximum Gasteiger partial charge on any atom is 0.335 e. The lowest BCUT2D eigenvalue weighted by Crippen LogP contribution is -2.33. The van der Waals surface area contributed by atoms with Crippen LogP contribution in [0.4, 0.5) is 10.5 Å². The molecule has 1 heterocycles. The zero-order valence-corrected chi connectivity index (χ0v) is 11.8. The number of amides is 2. The fourth-order valence-electron chi connectivity index (χ4n) is 2.48. The molecule has 2 rings (SSSR count). The smallest absolute Gasteiger partial charge is 0.335 e. The number of hydrogen-bond acceptors (Lipinski definition) is 2. The van der Waals surface area contributed by atoms with Gasteiger partial charge in [0.25, 0.3) is 0 Å². The van der Waals surface area contributed by atoms with E-state index in [0.717, 1.165) is 31.5 Å². The summed E-state index contributed by atoms with van der Waals surface area (Å²) in [7, 11) is 0. The third-order valence-corrected chi connectivity index (χ3v) is 3.87. The van der Waals surface area contributed by atoms with Crippen LogP contribution < -0.4 is 5.32 Å². The van der Waals surface area contributed by atoms with Crippen molar-refractivity contribution in [3.63, 3.8) is 0 Å². The molecule has 1 unspecified atom stereocenters. The van der Waals surface area contributed by atoms with Gasteiger partial charge in [-0.05, 0) is 43.0 Å². The SMILES string of the molecule is CCC1CCN(C(=O)Nc2ccc(C(=O)O)cc2C)C1. The average molecular weight is 276 g/mol. The summed E-state index contributed by atoms with van der Waals surface area (Å²) in [5, 5.41) is 11.8. The largest absolute Gasteiger partial charge is 0.478 e. The molecule has 1 aromatic carbocycles. The number of likely N-dealkylation sites (tertiary alicyclic amines) is 1. The Morgan fingerprint density at radius 3 is 2.75 bits per heavy atom. The molecule has 1 fully saturated rings.